The van der Waals surface area contributed by atoms with Crippen molar-refractivity contribution in [1.29, 1.82) is 0 Å². The number of amides is 2. The van der Waals surface area contributed by atoms with Crippen LogP contribution in [0.2, 0.25) is 0 Å². The summed E-state index contributed by atoms with van der Waals surface area (Å²) >= 11 is 0. The first-order valence-electron chi connectivity index (χ1n) is 5.90. The summed E-state index contributed by atoms with van der Waals surface area (Å²) in [4.78, 5) is 34.0. The van der Waals surface area contributed by atoms with Gasteiger partial charge in [-0.05, 0) is 12.8 Å². The molecule has 0 aromatic heterocycles. The van der Waals surface area contributed by atoms with Crippen molar-refractivity contribution < 1.29 is 24.6 Å². The number of carbonyl (C=O) groups is 3. The normalized spacial score (nSPS) is 15.5. The maximum absolute atomic E-state index is 11.9. The van der Waals surface area contributed by atoms with Crippen LogP contribution in [0.25, 0.3) is 0 Å². The predicted molar refractivity (Wildman–Crippen MR) is 67.1 cm³/mol. The van der Waals surface area contributed by atoms with Crippen molar-refractivity contribution in [2.24, 2.45) is 11.7 Å². The molecule has 0 rings (SSSR count). The van der Waals surface area contributed by atoms with Gasteiger partial charge in [0.25, 0.3) is 0 Å². The van der Waals surface area contributed by atoms with E-state index < -0.39 is 42.5 Å². The number of rotatable bonds is 7. The lowest BCUT2D eigenvalue weighted by atomic mass is 10.0. The molecule has 0 aliphatic heterocycles. The summed E-state index contributed by atoms with van der Waals surface area (Å²) in [6.07, 6.45) is 0. The zero-order valence-electron chi connectivity index (χ0n) is 11.2. The van der Waals surface area contributed by atoms with E-state index in [9.17, 15) is 14.4 Å². The highest BCUT2D eigenvalue weighted by Gasteiger charge is 2.28. The third kappa shape index (κ3) is 5.66. The molecule has 0 heterocycles. The average molecular weight is 275 g/mol. The second-order valence-electron chi connectivity index (χ2n) is 4.59. The van der Waals surface area contributed by atoms with Crippen molar-refractivity contribution in [1.82, 2.24) is 10.6 Å². The van der Waals surface area contributed by atoms with Crippen LogP contribution < -0.4 is 16.4 Å². The Morgan fingerprint density at radius 3 is 2.00 bits per heavy atom. The Hall–Kier alpha value is -1.67. The molecule has 0 spiro atoms. The van der Waals surface area contributed by atoms with E-state index in [0.29, 0.717) is 0 Å². The minimum Gasteiger partial charge on any atom is -0.480 e. The predicted octanol–water partition coefficient (Wildman–Crippen LogP) is -1.96. The van der Waals surface area contributed by atoms with Gasteiger partial charge in [0.05, 0.1) is 6.61 Å². The molecule has 0 saturated carbocycles. The summed E-state index contributed by atoms with van der Waals surface area (Å²) in [5.41, 5.74) is 5.33. The van der Waals surface area contributed by atoms with Gasteiger partial charge in [-0.1, -0.05) is 13.8 Å². The largest absolute Gasteiger partial charge is 0.480 e. The van der Waals surface area contributed by atoms with Gasteiger partial charge < -0.3 is 26.6 Å². The van der Waals surface area contributed by atoms with Crippen molar-refractivity contribution in [2.45, 2.75) is 38.9 Å². The second-order valence-corrected chi connectivity index (χ2v) is 4.59. The van der Waals surface area contributed by atoms with Gasteiger partial charge >= 0.3 is 5.97 Å². The first kappa shape index (κ1) is 17.3. The molecule has 0 radical (unpaired) electrons. The fourth-order valence-corrected chi connectivity index (χ4v) is 1.24. The molecule has 3 atom stereocenters. The number of carboxylic acids is 1. The molecular weight excluding hydrogens is 254 g/mol. The third-order valence-corrected chi connectivity index (χ3v) is 2.51. The van der Waals surface area contributed by atoms with Gasteiger partial charge in [-0.15, -0.1) is 0 Å². The van der Waals surface area contributed by atoms with Crippen LogP contribution >= 0.6 is 0 Å². The SMILES string of the molecule is CC(C)[C@H](NC(=O)[C@@H](N)CO)C(=O)N[C@@H](C)C(=O)O. The van der Waals surface area contributed by atoms with E-state index >= 15 is 0 Å². The molecule has 8 heteroatoms. The number of nitrogens with two attached hydrogens (primary N) is 1. The number of aliphatic hydroxyl groups excluding tert-OH is 1. The number of aliphatic carboxylic acids is 1. The van der Waals surface area contributed by atoms with E-state index in [0.717, 1.165) is 0 Å². The van der Waals surface area contributed by atoms with Crippen LogP contribution in [-0.4, -0.2) is 52.7 Å². The summed E-state index contributed by atoms with van der Waals surface area (Å²) in [5.74, 6) is -2.70. The van der Waals surface area contributed by atoms with Gasteiger partial charge in [-0.3, -0.25) is 14.4 Å². The molecule has 8 nitrogen and oxygen atoms in total. The molecule has 2 amide bonds. The van der Waals surface area contributed by atoms with Crippen molar-refractivity contribution in [2.75, 3.05) is 6.61 Å². The Morgan fingerprint density at radius 2 is 1.63 bits per heavy atom. The van der Waals surface area contributed by atoms with Crippen molar-refractivity contribution in [3.63, 3.8) is 0 Å². The van der Waals surface area contributed by atoms with E-state index in [2.05, 4.69) is 10.6 Å². The Kier molecular flexibility index (Phi) is 7.02. The molecule has 0 aromatic carbocycles. The maximum Gasteiger partial charge on any atom is 0.325 e. The Bertz CT molecular complexity index is 345. The molecule has 110 valence electrons. The summed E-state index contributed by atoms with van der Waals surface area (Å²) in [6, 6.07) is -3.09. The molecule has 6 N–H and O–H groups in total. The van der Waals surface area contributed by atoms with Gasteiger partial charge in [0.2, 0.25) is 11.8 Å². The van der Waals surface area contributed by atoms with Gasteiger partial charge in [0.15, 0.2) is 0 Å². The lowest BCUT2D eigenvalue weighted by Gasteiger charge is -2.24. The number of hydrogen-bond acceptors (Lipinski definition) is 5. The number of carboxylic acid groups (broad SMARTS) is 1. The van der Waals surface area contributed by atoms with E-state index in [1.54, 1.807) is 13.8 Å². The van der Waals surface area contributed by atoms with Gasteiger partial charge in [-0.25, -0.2) is 0 Å². The molecule has 0 aromatic rings. The maximum atomic E-state index is 11.9. The highest BCUT2D eigenvalue weighted by Crippen LogP contribution is 2.03. The summed E-state index contributed by atoms with van der Waals surface area (Å²) in [6.45, 7) is 4.17. The highest BCUT2D eigenvalue weighted by atomic mass is 16.4. The minimum absolute atomic E-state index is 0.254. The lowest BCUT2D eigenvalue weighted by Crippen LogP contribution is -2.56. The fraction of sp³-hybridized carbons (Fsp3) is 0.727. The van der Waals surface area contributed by atoms with Crippen LogP contribution in [0.3, 0.4) is 0 Å². The highest BCUT2D eigenvalue weighted by molar-refractivity contribution is 5.91. The molecule has 0 aliphatic carbocycles. The quantitative estimate of drug-likeness (QED) is 0.365. The summed E-state index contributed by atoms with van der Waals surface area (Å²) in [5, 5.41) is 22.1. The monoisotopic (exact) mass is 275 g/mol. The van der Waals surface area contributed by atoms with E-state index in [1.165, 1.54) is 6.92 Å². The van der Waals surface area contributed by atoms with Gasteiger partial charge in [0.1, 0.15) is 18.1 Å². The Balaban J connectivity index is 4.69. The average Bonchev–Trinajstić information content (AvgIpc) is 2.33. The Morgan fingerprint density at radius 1 is 1.11 bits per heavy atom. The standard InChI is InChI=1S/C11H21N3O5/c1-5(2)8(14-9(16)7(12)4-15)10(17)13-6(3)11(18)19/h5-8,15H,4,12H2,1-3H3,(H,13,17)(H,14,16)(H,18,19)/t6-,7-,8-/m0/s1. The van der Waals surface area contributed by atoms with Crippen LogP contribution in [0.5, 0.6) is 0 Å². The van der Waals surface area contributed by atoms with Crippen molar-refractivity contribution >= 4 is 17.8 Å². The molecule has 0 aliphatic rings. The first-order valence-corrected chi connectivity index (χ1v) is 5.90. The third-order valence-electron chi connectivity index (χ3n) is 2.51. The number of nitrogens with one attached hydrogen (secondary N) is 2. The second kappa shape index (κ2) is 7.70. The zero-order chi connectivity index (χ0) is 15.2. The van der Waals surface area contributed by atoms with Gasteiger partial charge in [0, 0.05) is 0 Å². The number of aliphatic hydroxyl groups is 1. The molecule has 0 fully saturated rings. The van der Waals surface area contributed by atoms with Crippen LogP contribution in [0.4, 0.5) is 0 Å². The summed E-state index contributed by atoms with van der Waals surface area (Å²) in [7, 11) is 0. The van der Waals surface area contributed by atoms with Crippen LogP contribution in [0, 0.1) is 5.92 Å². The molecule has 0 unspecified atom stereocenters. The Labute approximate surface area is 111 Å². The molecule has 0 bridgehead atoms. The van der Waals surface area contributed by atoms with E-state index in [1.807, 2.05) is 0 Å². The molecular formula is C11H21N3O5. The van der Waals surface area contributed by atoms with E-state index in [4.69, 9.17) is 15.9 Å². The van der Waals surface area contributed by atoms with Gasteiger partial charge in [-0.2, -0.15) is 0 Å². The zero-order valence-corrected chi connectivity index (χ0v) is 11.2. The number of carbonyl (C=O) groups excluding carboxylic acids is 2. The topological polar surface area (TPSA) is 142 Å². The molecule has 0 saturated heterocycles. The van der Waals surface area contributed by atoms with Crippen molar-refractivity contribution in [3.05, 3.63) is 0 Å². The lowest BCUT2D eigenvalue weighted by molar-refractivity contribution is -0.142. The van der Waals surface area contributed by atoms with Crippen LogP contribution in [0.15, 0.2) is 0 Å². The minimum atomic E-state index is -1.17. The van der Waals surface area contributed by atoms with Crippen LogP contribution in [-0.2, 0) is 14.4 Å². The number of hydrogen-bond donors (Lipinski definition) is 5. The smallest absolute Gasteiger partial charge is 0.325 e. The molecule has 19 heavy (non-hydrogen) atoms. The first-order chi connectivity index (χ1) is 8.70. The van der Waals surface area contributed by atoms with Crippen LogP contribution in [0.1, 0.15) is 20.8 Å². The van der Waals surface area contributed by atoms with Crippen molar-refractivity contribution in [3.8, 4) is 0 Å². The summed E-state index contributed by atoms with van der Waals surface area (Å²) < 4.78 is 0. The van der Waals surface area contributed by atoms with E-state index in [-0.39, 0.29) is 5.92 Å². The fourth-order valence-electron chi connectivity index (χ4n) is 1.24.